The maximum absolute atomic E-state index is 12.7. The molecule has 2 rings (SSSR count). The van der Waals surface area contributed by atoms with Crippen LogP contribution in [0.2, 0.25) is 5.02 Å². The van der Waals surface area contributed by atoms with Crippen LogP contribution in [0.4, 0.5) is 0 Å². The molecule has 27 heavy (non-hydrogen) atoms. The molecule has 0 saturated carbocycles. The lowest BCUT2D eigenvalue weighted by Crippen LogP contribution is -2.28. The molecule has 1 atom stereocenters. The van der Waals surface area contributed by atoms with Crippen LogP contribution >= 0.6 is 11.6 Å². The van der Waals surface area contributed by atoms with Crippen LogP contribution in [-0.2, 0) is 19.6 Å². The van der Waals surface area contributed by atoms with Gasteiger partial charge in [0.2, 0.25) is 10.0 Å². The molecule has 7 heteroatoms. The van der Waals surface area contributed by atoms with E-state index in [1.54, 1.807) is 12.1 Å². The van der Waals surface area contributed by atoms with Crippen LogP contribution in [0.25, 0.3) is 0 Å². The first-order valence-electron chi connectivity index (χ1n) is 8.82. The van der Waals surface area contributed by atoms with E-state index in [9.17, 15) is 13.2 Å². The molecule has 0 aliphatic heterocycles. The lowest BCUT2D eigenvalue weighted by Gasteiger charge is -2.19. The molecule has 0 aliphatic carbocycles. The minimum Gasteiger partial charge on any atom is -0.469 e. The van der Waals surface area contributed by atoms with Gasteiger partial charge in [-0.05, 0) is 42.7 Å². The SMILES string of the molecule is COC(=O)CCCCCC(NS(=O)(=O)c1ccc(Cl)cc1)c1ccccc1. The van der Waals surface area contributed by atoms with Crippen molar-refractivity contribution in [2.24, 2.45) is 0 Å². The van der Waals surface area contributed by atoms with Crippen molar-refractivity contribution in [3.8, 4) is 0 Å². The number of benzene rings is 2. The fourth-order valence-corrected chi connectivity index (χ4v) is 4.13. The molecule has 0 aliphatic rings. The van der Waals surface area contributed by atoms with Gasteiger partial charge in [0.05, 0.1) is 12.0 Å². The standard InChI is InChI=1S/C20H24ClNO4S/c1-26-20(23)11-7-3-6-10-19(16-8-4-2-5-9-16)22-27(24,25)18-14-12-17(21)13-15-18/h2,4-5,8-9,12-15,19,22H,3,6-7,10-11H2,1H3. The Morgan fingerprint density at radius 1 is 1.04 bits per heavy atom. The highest BCUT2D eigenvalue weighted by Gasteiger charge is 2.21. The molecular weight excluding hydrogens is 386 g/mol. The molecule has 0 fully saturated rings. The van der Waals surface area contributed by atoms with Gasteiger partial charge in [-0.1, -0.05) is 54.8 Å². The summed E-state index contributed by atoms with van der Waals surface area (Å²) in [5.74, 6) is -0.224. The van der Waals surface area contributed by atoms with Crippen molar-refractivity contribution in [3.05, 3.63) is 65.2 Å². The van der Waals surface area contributed by atoms with Gasteiger partial charge in [0.15, 0.2) is 0 Å². The van der Waals surface area contributed by atoms with E-state index in [4.69, 9.17) is 11.6 Å². The molecular formula is C20H24ClNO4S. The molecule has 1 unspecified atom stereocenters. The number of carbonyl (C=O) groups is 1. The average Bonchev–Trinajstić information content (AvgIpc) is 2.67. The maximum atomic E-state index is 12.7. The van der Waals surface area contributed by atoms with Gasteiger partial charge in [0.1, 0.15) is 0 Å². The predicted molar refractivity (Wildman–Crippen MR) is 106 cm³/mol. The van der Waals surface area contributed by atoms with Crippen molar-refractivity contribution in [2.45, 2.75) is 43.0 Å². The summed E-state index contributed by atoms with van der Waals surface area (Å²) < 4.78 is 32.9. The van der Waals surface area contributed by atoms with E-state index in [1.165, 1.54) is 19.2 Å². The van der Waals surface area contributed by atoms with Crippen LogP contribution in [0, 0.1) is 0 Å². The maximum Gasteiger partial charge on any atom is 0.305 e. The molecule has 0 bridgehead atoms. The number of ether oxygens (including phenoxy) is 1. The summed E-state index contributed by atoms with van der Waals surface area (Å²) >= 11 is 5.85. The Morgan fingerprint density at radius 3 is 2.33 bits per heavy atom. The average molecular weight is 410 g/mol. The number of nitrogens with one attached hydrogen (secondary N) is 1. The molecule has 0 amide bonds. The van der Waals surface area contributed by atoms with Gasteiger partial charge in [0, 0.05) is 17.5 Å². The van der Waals surface area contributed by atoms with Gasteiger partial charge in [0.25, 0.3) is 0 Å². The smallest absolute Gasteiger partial charge is 0.305 e. The Hall–Kier alpha value is -1.89. The Kier molecular flexibility index (Phi) is 8.28. The minimum atomic E-state index is -3.67. The van der Waals surface area contributed by atoms with E-state index in [0.717, 1.165) is 24.8 Å². The van der Waals surface area contributed by atoms with E-state index in [2.05, 4.69) is 9.46 Å². The fraction of sp³-hybridized carbons (Fsp3) is 0.350. The van der Waals surface area contributed by atoms with Gasteiger partial charge in [-0.2, -0.15) is 0 Å². The second-order valence-corrected chi connectivity index (χ2v) is 8.36. The monoisotopic (exact) mass is 409 g/mol. The first kappa shape index (κ1) is 21.4. The molecule has 146 valence electrons. The largest absolute Gasteiger partial charge is 0.469 e. The van der Waals surface area contributed by atoms with Crippen molar-refractivity contribution in [1.82, 2.24) is 4.72 Å². The third-order valence-corrected chi connectivity index (χ3v) is 5.96. The predicted octanol–water partition coefficient (Wildman–Crippen LogP) is 4.48. The van der Waals surface area contributed by atoms with Crippen LogP contribution in [0.1, 0.15) is 43.7 Å². The second-order valence-electron chi connectivity index (χ2n) is 6.21. The number of unbranched alkanes of at least 4 members (excludes halogenated alkanes) is 2. The summed E-state index contributed by atoms with van der Waals surface area (Å²) in [5.41, 5.74) is 0.906. The van der Waals surface area contributed by atoms with Crippen molar-refractivity contribution in [3.63, 3.8) is 0 Å². The van der Waals surface area contributed by atoms with Gasteiger partial charge in [-0.15, -0.1) is 0 Å². The number of esters is 1. The number of rotatable bonds is 10. The highest BCUT2D eigenvalue weighted by atomic mass is 35.5. The van der Waals surface area contributed by atoms with E-state index < -0.39 is 10.0 Å². The highest BCUT2D eigenvalue weighted by molar-refractivity contribution is 7.89. The quantitative estimate of drug-likeness (QED) is 0.463. The fourth-order valence-electron chi connectivity index (χ4n) is 2.74. The summed E-state index contributed by atoms with van der Waals surface area (Å²) in [6.45, 7) is 0. The first-order chi connectivity index (χ1) is 12.9. The zero-order valence-corrected chi connectivity index (χ0v) is 16.8. The van der Waals surface area contributed by atoms with Crippen molar-refractivity contribution in [1.29, 1.82) is 0 Å². The van der Waals surface area contributed by atoms with E-state index in [1.807, 2.05) is 30.3 Å². The normalized spacial score (nSPS) is 12.5. The number of halogens is 1. The molecule has 0 saturated heterocycles. The number of carbonyl (C=O) groups excluding carboxylic acids is 1. The Morgan fingerprint density at radius 2 is 1.70 bits per heavy atom. The second kappa shape index (κ2) is 10.4. The summed E-state index contributed by atoms with van der Waals surface area (Å²) in [6, 6.07) is 15.2. The van der Waals surface area contributed by atoms with Crippen molar-refractivity contribution >= 4 is 27.6 Å². The first-order valence-corrected chi connectivity index (χ1v) is 10.7. The molecule has 5 nitrogen and oxygen atoms in total. The summed E-state index contributed by atoms with van der Waals surface area (Å²) in [7, 11) is -2.29. The summed E-state index contributed by atoms with van der Waals surface area (Å²) in [4.78, 5) is 11.4. The van der Waals surface area contributed by atoms with E-state index in [-0.39, 0.29) is 16.9 Å². The lowest BCUT2D eigenvalue weighted by molar-refractivity contribution is -0.140. The molecule has 2 aromatic carbocycles. The highest BCUT2D eigenvalue weighted by Crippen LogP contribution is 2.23. The number of hydrogen-bond donors (Lipinski definition) is 1. The van der Waals surface area contributed by atoms with E-state index in [0.29, 0.717) is 17.9 Å². The van der Waals surface area contributed by atoms with Gasteiger partial charge < -0.3 is 4.74 Å². The lowest BCUT2D eigenvalue weighted by atomic mass is 10.0. The number of sulfonamides is 1. The van der Waals surface area contributed by atoms with Crippen LogP contribution in [0.5, 0.6) is 0 Å². The van der Waals surface area contributed by atoms with E-state index >= 15 is 0 Å². The Bertz CT molecular complexity index is 823. The van der Waals surface area contributed by atoms with Gasteiger partial charge in [-0.3, -0.25) is 4.79 Å². The van der Waals surface area contributed by atoms with Crippen LogP contribution in [0.15, 0.2) is 59.5 Å². The number of methoxy groups -OCH3 is 1. The van der Waals surface area contributed by atoms with Crippen LogP contribution < -0.4 is 4.72 Å². The van der Waals surface area contributed by atoms with Gasteiger partial charge >= 0.3 is 5.97 Å². The molecule has 0 heterocycles. The minimum absolute atomic E-state index is 0.179. The molecule has 0 spiro atoms. The zero-order chi connectivity index (χ0) is 19.7. The molecule has 0 radical (unpaired) electrons. The molecule has 1 N–H and O–H groups in total. The zero-order valence-electron chi connectivity index (χ0n) is 15.2. The summed E-state index contributed by atoms with van der Waals surface area (Å²) in [5, 5.41) is 0.485. The van der Waals surface area contributed by atoms with Gasteiger partial charge in [-0.25, -0.2) is 13.1 Å². The Labute approximate surface area is 165 Å². The van der Waals surface area contributed by atoms with Crippen molar-refractivity contribution in [2.75, 3.05) is 7.11 Å². The summed E-state index contributed by atoms with van der Waals surface area (Å²) in [6.07, 6.45) is 3.35. The topological polar surface area (TPSA) is 72.5 Å². The Balaban J connectivity index is 2.04. The molecule has 2 aromatic rings. The number of hydrogen-bond acceptors (Lipinski definition) is 4. The third kappa shape index (κ3) is 6.97. The van der Waals surface area contributed by atoms with Crippen molar-refractivity contribution < 1.29 is 17.9 Å². The van der Waals surface area contributed by atoms with Crippen LogP contribution in [-0.4, -0.2) is 21.5 Å². The third-order valence-electron chi connectivity index (χ3n) is 4.22. The molecule has 0 aromatic heterocycles. The van der Waals surface area contributed by atoms with Crippen LogP contribution in [0.3, 0.4) is 0 Å².